The van der Waals surface area contributed by atoms with Crippen LogP contribution in [0.5, 0.6) is 0 Å². The van der Waals surface area contributed by atoms with Crippen molar-refractivity contribution in [3.63, 3.8) is 0 Å². The zero-order valence-corrected chi connectivity index (χ0v) is 16.3. The molecule has 1 aromatic rings. The molecule has 140 valence electrons. The highest BCUT2D eigenvalue weighted by molar-refractivity contribution is 7.99. The number of nitrogens with one attached hydrogen (secondary N) is 2. The van der Waals surface area contributed by atoms with Gasteiger partial charge in [0.1, 0.15) is 0 Å². The van der Waals surface area contributed by atoms with Gasteiger partial charge < -0.3 is 16.4 Å². The lowest BCUT2D eigenvalue weighted by Gasteiger charge is -2.28. The number of rotatable bonds is 8. The molecule has 2 amide bonds. The van der Waals surface area contributed by atoms with Crippen molar-refractivity contribution >= 4 is 41.7 Å². The molecule has 1 heterocycles. The summed E-state index contributed by atoms with van der Waals surface area (Å²) in [6, 6.07) is 7.70. The molecule has 0 saturated carbocycles. The summed E-state index contributed by atoms with van der Waals surface area (Å²) in [4.78, 5) is 24.2. The Balaban J connectivity index is 0.00000312. The van der Waals surface area contributed by atoms with Crippen molar-refractivity contribution in [3.05, 3.63) is 24.3 Å². The molecule has 1 aromatic carbocycles. The molecule has 5 nitrogen and oxygen atoms in total. The van der Waals surface area contributed by atoms with Crippen LogP contribution in [0.25, 0.3) is 0 Å². The Morgan fingerprint density at radius 2 is 2.00 bits per heavy atom. The number of hydrogen-bond donors (Lipinski definition) is 3. The van der Waals surface area contributed by atoms with Gasteiger partial charge in [0.2, 0.25) is 11.8 Å². The second-order valence-corrected chi connectivity index (χ2v) is 7.51. The maximum Gasteiger partial charge on any atom is 0.224 e. The van der Waals surface area contributed by atoms with Crippen molar-refractivity contribution in [2.45, 2.75) is 37.5 Å². The molecule has 0 aromatic heterocycles. The van der Waals surface area contributed by atoms with Gasteiger partial charge in [-0.3, -0.25) is 9.59 Å². The lowest BCUT2D eigenvalue weighted by Crippen LogP contribution is -2.32. The number of hydrogen-bond acceptors (Lipinski definition) is 4. The molecule has 1 atom stereocenters. The molecular weight excluding hydrogens is 358 g/mol. The first kappa shape index (κ1) is 21.8. The van der Waals surface area contributed by atoms with Crippen LogP contribution in [0.1, 0.15) is 32.6 Å². The van der Waals surface area contributed by atoms with E-state index in [9.17, 15) is 9.59 Å². The van der Waals surface area contributed by atoms with Crippen molar-refractivity contribution in [2.24, 2.45) is 17.6 Å². The minimum absolute atomic E-state index is 0. The van der Waals surface area contributed by atoms with Crippen LogP contribution in [0, 0.1) is 11.8 Å². The molecular formula is C18H28ClN3O2S. The van der Waals surface area contributed by atoms with Crippen molar-refractivity contribution in [2.75, 3.05) is 24.2 Å². The number of halogens is 1. The Labute approximate surface area is 160 Å². The normalized spacial score (nSPS) is 15.9. The van der Waals surface area contributed by atoms with Gasteiger partial charge in [-0.1, -0.05) is 19.1 Å². The van der Waals surface area contributed by atoms with Crippen molar-refractivity contribution in [1.82, 2.24) is 5.32 Å². The fraction of sp³-hybridized carbons (Fsp3) is 0.556. The maximum atomic E-state index is 12.4. The second kappa shape index (κ2) is 11.4. The van der Waals surface area contributed by atoms with Gasteiger partial charge in [-0.2, -0.15) is 0 Å². The highest BCUT2D eigenvalue weighted by Crippen LogP contribution is 2.29. The number of piperidine rings is 1. The van der Waals surface area contributed by atoms with Crippen LogP contribution in [0.3, 0.4) is 0 Å². The number of anilines is 1. The smallest absolute Gasteiger partial charge is 0.224 e. The number of para-hydroxylation sites is 1. The van der Waals surface area contributed by atoms with Crippen molar-refractivity contribution in [1.29, 1.82) is 0 Å². The van der Waals surface area contributed by atoms with Crippen LogP contribution in [-0.4, -0.2) is 30.7 Å². The molecule has 1 saturated heterocycles. The van der Waals surface area contributed by atoms with Crippen LogP contribution in [0.15, 0.2) is 29.2 Å². The van der Waals surface area contributed by atoms with Gasteiger partial charge in [0, 0.05) is 23.5 Å². The predicted octanol–water partition coefficient (Wildman–Crippen LogP) is 3.04. The minimum atomic E-state index is -0.306. The van der Waals surface area contributed by atoms with E-state index in [4.69, 9.17) is 5.73 Å². The number of carbonyl (C=O) groups excluding carboxylic acids is 2. The highest BCUT2D eigenvalue weighted by Gasteiger charge is 2.22. The van der Waals surface area contributed by atoms with Gasteiger partial charge in [-0.15, -0.1) is 24.2 Å². The van der Waals surface area contributed by atoms with E-state index in [2.05, 4.69) is 17.6 Å². The van der Waals surface area contributed by atoms with E-state index in [-0.39, 0.29) is 24.2 Å². The zero-order valence-electron chi connectivity index (χ0n) is 14.6. The van der Waals surface area contributed by atoms with E-state index < -0.39 is 0 Å². The molecule has 25 heavy (non-hydrogen) atoms. The van der Waals surface area contributed by atoms with E-state index in [1.54, 1.807) is 11.8 Å². The largest absolute Gasteiger partial charge is 0.370 e. The minimum Gasteiger partial charge on any atom is -0.370 e. The lowest BCUT2D eigenvalue weighted by molar-refractivity contribution is -0.118. The molecule has 1 fully saturated rings. The standard InChI is InChI=1S/C18H27N3O2S.ClH/c1-13(14-6-9-20-10-7-14)12-18(23)21-15-4-2-3-5-16(15)24-11-8-17(19)22;/h2-5,13-14,20H,6-12H2,1H3,(H2,19,22)(H,21,23);1H. The fourth-order valence-corrected chi connectivity index (χ4v) is 4.00. The Bertz CT molecular complexity index is 565. The van der Waals surface area contributed by atoms with Crippen molar-refractivity contribution < 1.29 is 9.59 Å². The fourth-order valence-electron chi connectivity index (χ4n) is 3.03. The van der Waals surface area contributed by atoms with Gasteiger partial charge in [0.25, 0.3) is 0 Å². The Hall–Kier alpha value is -1.24. The van der Waals surface area contributed by atoms with E-state index in [0.29, 0.717) is 30.4 Å². The summed E-state index contributed by atoms with van der Waals surface area (Å²) in [6.45, 7) is 4.27. The topological polar surface area (TPSA) is 84.2 Å². The van der Waals surface area contributed by atoms with Gasteiger partial charge in [-0.05, 0) is 49.9 Å². The monoisotopic (exact) mass is 385 g/mol. The van der Waals surface area contributed by atoms with Crippen LogP contribution >= 0.6 is 24.2 Å². The van der Waals surface area contributed by atoms with Gasteiger partial charge >= 0.3 is 0 Å². The Morgan fingerprint density at radius 3 is 2.68 bits per heavy atom. The summed E-state index contributed by atoms with van der Waals surface area (Å²) in [5, 5.41) is 6.39. The number of carbonyl (C=O) groups is 2. The number of nitrogens with two attached hydrogens (primary N) is 1. The van der Waals surface area contributed by atoms with Crippen LogP contribution in [-0.2, 0) is 9.59 Å². The average molecular weight is 386 g/mol. The predicted molar refractivity (Wildman–Crippen MR) is 106 cm³/mol. The quantitative estimate of drug-likeness (QED) is 0.600. The first-order chi connectivity index (χ1) is 11.6. The second-order valence-electron chi connectivity index (χ2n) is 6.38. The molecule has 7 heteroatoms. The molecule has 0 spiro atoms. The van der Waals surface area contributed by atoms with E-state index in [1.165, 1.54) is 0 Å². The third kappa shape index (κ3) is 7.67. The zero-order chi connectivity index (χ0) is 17.4. The third-order valence-corrected chi connectivity index (χ3v) is 5.54. The molecule has 0 aliphatic carbocycles. The van der Waals surface area contributed by atoms with E-state index in [1.807, 2.05) is 24.3 Å². The molecule has 2 rings (SSSR count). The summed E-state index contributed by atoms with van der Waals surface area (Å²) in [7, 11) is 0. The summed E-state index contributed by atoms with van der Waals surface area (Å²) >= 11 is 1.54. The summed E-state index contributed by atoms with van der Waals surface area (Å²) in [6.07, 6.45) is 3.17. The molecule has 1 aliphatic rings. The number of amides is 2. The van der Waals surface area contributed by atoms with Gasteiger partial charge in [0.15, 0.2) is 0 Å². The van der Waals surface area contributed by atoms with Gasteiger partial charge in [0.05, 0.1) is 5.69 Å². The summed E-state index contributed by atoms with van der Waals surface area (Å²) in [5.74, 6) is 1.39. The van der Waals surface area contributed by atoms with Crippen LogP contribution in [0.4, 0.5) is 5.69 Å². The first-order valence-electron chi connectivity index (χ1n) is 8.57. The van der Waals surface area contributed by atoms with Crippen LogP contribution < -0.4 is 16.4 Å². The highest BCUT2D eigenvalue weighted by atomic mass is 35.5. The Morgan fingerprint density at radius 1 is 1.32 bits per heavy atom. The average Bonchev–Trinajstić information content (AvgIpc) is 2.57. The maximum absolute atomic E-state index is 12.4. The van der Waals surface area contributed by atoms with Crippen LogP contribution in [0.2, 0.25) is 0 Å². The summed E-state index contributed by atoms with van der Waals surface area (Å²) < 4.78 is 0. The molecule has 1 unspecified atom stereocenters. The molecule has 0 radical (unpaired) electrons. The first-order valence-corrected chi connectivity index (χ1v) is 9.55. The number of thioether (sulfide) groups is 1. The molecule has 4 N–H and O–H groups in total. The van der Waals surface area contributed by atoms with Crippen molar-refractivity contribution in [3.8, 4) is 0 Å². The van der Waals surface area contributed by atoms with E-state index >= 15 is 0 Å². The molecule has 0 bridgehead atoms. The third-order valence-electron chi connectivity index (χ3n) is 4.46. The SMILES string of the molecule is CC(CC(=O)Nc1ccccc1SCCC(N)=O)C1CCNCC1.Cl. The number of primary amides is 1. The number of benzene rings is 1. The lowest BCUT2D eigenvalue weighted by atomic mass is 9.84. The van der Waals surface area contributed by atoms with E-state index in [0.717, 1.165) is 36.5 Å². The van der Waals surface area contributed by atoms with Gasteiger partial charge in [-0.25, -0.2) is 0 Å². The summed E-state index contributed by atoms with van der Waals surface area (Å²) in [5.41, 5.74) is 5.99. The molecule has 1 aliphatic heterocycles. The Kier molecular flexibility index (Phi) is 9.93.